The van der Waals surface area contributed by atoms with E-state index in [0.717, 1.165) is 43.8 Å². The first kappa shape index (κ1) is 24.9. The van der Waals surface area contributed by atoms with Gasteiger partial charge in [0.2, 0.25) is 5.95 Å². The average Bonchev–Trinajstić information content (AvgIpc) is 3.35. The van der Waals surface area contributed by atoms with Crippen LogP contribution in [0.2, 0.25) is 0 Å². The molecular formula is C26H36N6O3. The van der Waals surface area contributed by atoms with Gasteiger partial charge in [0.25, 0.3) is 5.56 Å². The molecule has 9 heteroatoms. The second kappa shape index (κ2) is 11.5. The highest BCUT2D eigenvalue weighted by Crippen LogP contribution is 2.24. The Labute approximate surface area is 206 Å². The first-order valence-electron chi connectivity index (χ1n) is 12.3. The topological polar surface area (TPSA) is 108 Å². The summed E-state index contributed by atoms with van der Waals surface area (Å²) in [4.78, 5) is 24.7. The minimum atomic E-state index is -0.180. The number of nitrogens with zero attached hydrogens (tertiary/aromatic N) is 4. The summed E-state index contributed by atoms with van der Waals surface area (Å²) in [6.45, 7) is 6.18. The van der Waals surface area contributed by atoms with Gasteiger partial charge in [0.15, 0.2) is 0 Å². The van der Waals surface area contributed by atoms with Crippen LogP contribution in [0, 0.1) is 0 Å². The molecule has 0 amide bonds. The van der Waals surface area contributed by atoms with Gasteiger partial charge in [0.1, 0.15) is 17.0 Å². The van der Waals surface area contributed by atoms with E-state index in [1.54, 1.807) is 31.0 Å². The Bertz CT molecular complexity index is 1200. The molecular weight excluding hydrogens is 444 g/mol. The van der Waals surface area contributed by atoms with Crippen molar-refractivity contribution in [3.63, 3.8) is 0 Å². The minimum Gasteiger partial charge on any atom is -0.496 e. The number of aromatic nitrogens is 3. The van der Waals surface area contributed by atoms with Crippen molar-refractivity contribution in [1.29, 1.82) is 0 Å². The minimum absolute atomic E-state index is 0.0128. The summed E-state index contributed by atoms with van der Waals surface area (Å²) in [5.74, 6) is 1.35. The van der Waals surface area contributed by atoms with Crippen molar-refractivity contribution < 1.29 is 9.47 Å². The molecule has 1 aliphatic rings. The number of nitrogen functional groups attached to an aromatic ring is 1. The van der Waals surface area contributed by atoms with Crippen molar-refractivity contribution >= 4 is 22.7 Å². The van der Waals surface area contributed by atoms with Gasteiger partial charge in [0, 0.05) is 25.4 Å². The summed E-state index contributed by atoms with van der Waals surface area (Å²) in [7, 11) is 3.33. The Morgan fingerprint density at radius 3 is 2.66 bits per heavy atom. The predicted octanol–water partition coefficient (Wildman–Crippen LogP) is 3.25. The van der Waals surface area contributed by atoms with Gasteiger partial charge < -0.3 is 25.1 Å². The molecule has 9 nitrogen and oxygen atoms in total. The van der Waals surface area contributed by atoms with Crippen LogP contribution in [0.1, 0.15) is 43.7 Å². The van der Waals surface area contributed by atoms with Crippen molar-refractivity contribution in [3.05, 3.63) is 51.9 Å². The van der Waals surface area contributed by atoms with E-state index in [0.29, 0.717) is 29.9 Å². The lowest BCUT2D eigenvalue weighted by Gasteiger charge is -2.19. The van der Waals surface area contributed by atoms with Crippen LogP contribution >= 0.6 is 0 Å². The number of rotatable bonds is 11. The molecule has 0 spiro atoms. The molecule has 35 heavy (non-hydrogen) atoms. The van der Waals surface area contributed by atoms with Crippen LogP contribution in [-0.4, -0.2) is 59.4 Å². The summed E-state index contributed by atoms with van der Waals surface area (Å²) < 4.78 is 12.7. The van der Waals surface area contributed by atoms with Crippen LogP contribution in [0.5, 0.6) is 5.75 Å². The van der Waals surface area contributed by atoms with Gasteiger partial charge in [-0.1, -0.05) is 25.5 Å². The third-order valence-electron chi connectivity index (χ3n) is 6.48. The summed E-state index contributed by atoms with van der Waals surface area (Å²) in [5, 5.41) is 3.78. The largest absolute Gasteiger partial charge is 0.496 e. The fourth-order valence-electron chi connectivity index (χ4n) is 4.77. The van der Waals surface area contributed by atoms with Crippen LogP contribution in [0.4, 0.5) is 11.8 Å². The molecule has 0 bridgehead atoms. The Kier molecular flexibility index (Phi) is 8.20. The van der Waals surface area contributed by atoms with E-state index in [-0.39, 0.29) is 17.5 Å². The quantitative estimate of drug-likeness (QED) is 0.431. The number of fused-ring (bicyclic) bond motifs is 1. The molecule has 3 aromatic rings. The maximum atomic E-state index is 13.6. The normalized spacial score (nSPS) is 14.9. The molecule has 188 valence electrons. The lowest BCUT2D eigenvalue weighted by atomic mass is 10.1. The number of benzene rings is 1. The smallest absolute Gasteiger partial charge is 0.264 e. The molecule has 1 aliphatic heterocycles. The fourth-order valence-corrected chi connectivity index (χ4v) is 4.77. The number of hydrogen-bond acceptors (Lipinski definition) is 8. The van der Waals surface area contributed by atoms with E-state index in [4.69, 9.17) is 15.2 Å². The van der Waals surface area contributed by atoms with E-state index in [1.165, 1.54) is 18.4 Å². The van der Waals surface area contributed by atoms with E-state index < -0.39 is 0 Å². The second-order valence-electron chi connectivity index (χ2n) is 9.15. The Morgan fingerprint density at radius 1 is 1.14 bits per heavy atom. The number of methoxy groups -OCH3 is 2. The summed E-state index contributed by atoms with van der Waals surface area (Å²) in [6.07, 6.45) is 6.11. The third-order valence-corrected chi connectivity index (χ3v) is 6.48. The zero-order valence-electron chi connectivity index (χ0n) is 20.9. The summed E-state index contributed by atoms with van der Waals surface area (Å²) in [6, 6.07) is 8.07. The van der Waals surface area contributed by atoms with Crippen LogP contribution in [-0.2, 0) is 17.8 Å². The number of pyridine rings is 1. The molecule has 0 aliphatic carbocycles. The van der Waals surface area contributed by atoms with E-state index >= 15 is 0 Å². The van der Waals surface area contributed by atoms with E-state index in [2.05, 4.69) is 45.3 Å². The number of nitrogens with one attached hydrogen (secondary N) is 1. The first-order chi connectivity index (χ1) is 17.0. The molecule has 1 atom stereocenters. The Balaban J connectivity index is 1.65. The lowest BCUT2D eigenvalue weighted by molar-refractivity contribution is 0.182. The van der Waals surface area contributed by atoms with Crippen molar-refractivity contribution in [2.75, 3.05) is 45.0 Å². The molecule has 2 aromatic heterocycles. The molecule has 0 saturated carbocycles. The van der Waals surface area contributed by atoms with Crippen LogP contribution in [0.3, 0.4) is 0 Å². The summed E-state index contributed by atoms with van der Waals surface area (Å²) >= 11 is 0. The summed E-state index contributed by atoms with van der Waals surface area (Å²) in [5.41, 5.74) is 8.44. The number of likely N-dealkylation sites (tertiary alicyclic amines) is 1. The molecule has 1 saturated heterocycles. The van der Waals surface area contributed by atoms with Gasteiger partial charge >= 0.3 is 0 Å². The van der Waals surface area contributed by atoms with Crippen molar-refractivity contribution in [2.45, 2.75) is 51.7 Å². The monoisotopic (exact) mass is 480 g/mol. The van der Waals surface area contributed by atoms with E-state index in [1.807, 2.05) is 0 Å². The van der Waals surface area contributed by atoms with Gasteiger partial charge in [-0.05, 0) is 50.0 Å². The van der Waals surface area contributed by atoms with Crippen molar-refractivity contribution in [3.8, 4) is 5.75 Å². The molecule has 1 fully saturated rings. The Hall–Kier alpha value is -3.17. The van der Waals surface area contributed by atoms with Gasteiger partial charge in [-0.15, -0.1) is 0 Å². The fraction of sp³-hybridized carbons (Fsp3) is 0.500. The maximum Gasteiger partial charge on any atom is 0.264 e. The number of hydrogen-bond donors (Lipinski definition) is 2. The van der Waals surface area contributed by atoms with Crippen molar-refractivity contribution in [2.24, 2.45) is 0 Å². The highest BCUT2D eigenvalue weighted by atomic mass is 16.5. The molecule has 3 heterocycles. The van der Waals surface area contributed by atoms with Crippen LogP contribution in [0.15, 0.2) is 35.3 Å². The van der Waals surface area contributed by atoms with Gasteiger partial charge in [-0.3, -0.25) is 9.69 Å². The van der Waals surface area contributed by atoms with Crippen LogP contribution in [0.25, 0.3) is 10.9 Å². The predicted molar refractivity (Wildman–Crippen MR) is 139 cm³/mol. The zero-order valence-corrected chi connectivity index (χ0v) is 20.9. The van der Waals surface area contributed by atoms with Gasteiger partial charge in [-0.2, -0.15) is 4.98 Å². The van der Waals surface area contributed by atoms with E-state index in [9.17, 15) is 4.79 Å². The molecule has 0 unspecified atom stereocenters. The highest BCUT2D eigenvalue weighted by Gasteiger charge is 2.17. The van der Waals surface area contributed by atoms with Gasteiger partial charge in [0.05, 0.1) is 31.8 Å². The molecule has 4 rings (SSSR count). The van der Waals surface area contributed by atoms with Gasteiger partial charge in [-0.25, -0.2) is 4.98 Å². The standard InChI is InChI=1S/C26H36N6O3/c1-4-7-20(17-34-2)28-24-23-21(29-26(27)30-24)10-13-32(25(23)33)16-19-9-8-18(14-22(19)35-3)15-31-11-5-6-12-31/h8-10,13-14,20H,4-7,11-12,15-17H2,1-3H3,(H3,27,28,29,30)/t20-/m0/s1. The highest BCUT2D eigenvalue weighted by molar-refractivity contribution is 5.89. The average molecular weight is 481 g/mol. The zero-order chi connectivity index (χ0) is 24.8. The maximum absolute atomic E-state index is 13.6. The molecule has 0 radical (unpaired) electrons. The number of anilines is 2. The second-order valence-corrected chi connectivity index (χ2v) is 9.15. The third kappa shape index (κ3) is 5.91. The number of nitrogens with two attached hydrogens (primary N) is 1. The first-order valence-corrected chi connectivity index (χ1v) is 12.3. The number of ether oxygens (including phenoxy) is 2. The molecule has 3 N–H and O–H groups in total. The van der Waals surface area contributed by atoms with Crippen molar-refractivity contribution in [1.82, 2.24) is 19.4 Å². The SMILES string of the molecule is CCC[C@@H](COC)Nc1nc(N)nc2ccn(Cc3ccc(CN4CCCC4)cc3OC)c(=O)c12. The Morgan fingerprint density at radius 2 is 1.94 bits per heavy atom. The molecule has 1 aromatic carbocycles. The van der Waals surface area contributed by atoms with Crippen LogP contribution < -0.4 is 21.3 Å². The lowest BCUT2D eigenvalue weighted by Crippen LogP contribution is -2.28.